The molecule has 0 saturated carbocycles. The first kappa shape index (κ1) is 28.5. The molecule has 6 atom stereocenters. The Labute approximate surface area is 245 Å². The van der Waals surface area contributed by atoms with E-state index < -0.39 is 39.4 Å². The monoisotopic (exact) mass is 581 g/mol. The summed E-state index contributed by atoms with van der Waals surface area (Å²) in [5.41, 5.74) is 0.754. The van der Waals surface area contributed by atoms with E-state index in [0.29, 0.717) is 39.5 Å². The van der Waals surface area contributed by atoms with Crippen LogP contribution in [0.3, 0.4) is 0 Å². The maximum atomic E-state index is 14.7. The van der Waals surface area contributed by atoms with E-state index in [0.717, 1.165) is 31.5 Å². The molecule has 0 aromatic heterocycles. The van der Waals surface area contributed by atoms with E-state index in [4.69, 9.17) is 9.47 Å². The van der Waals surface area contributed by atoms with Gasteiger partial charge in [0, 0.05) is 37.5 Å². The van der Waals surface area contributed by atoms with Gasteiger partial charge in [-0.25, -0.2) is 0 Å². The Kier molecular flexibility index (Phi) is 8.02. The lowest BCUT2D eigenvalue weighted by atomic mass is 9.74. The van der Waals surface area contributed by atoms with Crippen LogP contribution in [0.1, 0.15) is 31.4 Å². The summed E-state index contributed by atoms with van der Waals surface area (Å²) in [5.74, 6) is -2.37. The molecule has 5 aliphatic rings. The van der Waals surface area contributed by atoms with Crippen molar-refractivity contribution in [3.05, 3.63) is 60.2 Å². The summed E-state index contributed by atoms with van der Waals surface area (Å²) < 4.78 is 9.50. The molecule has 2 amide bonds. The average Bonchev–Trinajstić information content (AvgIpc) is 3.34. The van der Waals surface area contributed by atoms with Crippen LogP contribution in [0.15, 0.2) is 54.6 Å². The maximum Gasteiger partial charge on any atom is 0.311 e. The standard InChI is InChI=1S/C31H39N3O6S/c1-30-11-6-3-7-18-40-29(38)25(30)24-27(36)34(23(21-35)22-9-4-2-5-10-22)26-28(37)33(13-8-12-31(24,26)41-30)15-14-32-16-19-39-20-17-32/h2,4-6,8-12,23-26,35H,3,7,13-21H2,1H3/b11-6-/t23-,24+,25+,26?,30-,31+/m1/s1. The van der Waals surface area contributed by atoms with Crippen molar-refractivity contribution in [3.8, 4) is 0 Å². The Morgan fingerprint density at radius 3 is 2.54 bits per heavy atom. The third-order valence-electron chi connectivity index (χ3n) is 9.25. The van der Waals surface area contributed by atoms with Crippen LogP contribution in [0.25, 0.3) is 0 Å². The predicted molar refractivity (Wildman–Crippen MR) is 155 cm³/mol. The summed E-state index contributed by atoms with van der Waals surface area (Å²) in [5, 5.41) is 10.7. The molecule has 220 valence electrons. The zero-order valence-electron chi connectivity index (χ0n) is 23.5. The van der Waals surface area contributed by atoms with Crippen molar-refractivity contribution in [2.75, 3.05) is 59.2 Å². The third kappa shape index (κ3) is 4.92. The van der Waals surface area contributed by atoms with Gasteiger partial charge in [0.25, 0.3) is 0 Å². The van der Waals surface area contributed by atoms with Crippen LogP contribution in [0.4, 0.5) is 0 Å². The van der Waals surface area contributed by atoms with Crippen LogP contribution in [0, 0.1) is 11.8 Å². The van der Waals surface area contributed by atoms with E-state index in [1.165, 1.54) is 11.8 Å². The van der Waals surface area contributed by atoms with Gasteiger partial charge in [0.1, 0.15) is 6.04 Å². The normalized spacial score (nSPS) is 35.5. The number of ether oxygens (including phenoxy) is 2. The number of morpholine rings is 1. The van der Waals surface area contributed by atoms with Crippen molar-refractivity contribution < 1.29 is 29.0 Å². The number of hydrogen-bond donors (Lipinski definition) is 1. The molecular formula is C31H39N3O6S. The molecule has 41 heavy (non-hydrogen) atoms. The average molecular weight is 582 g/mol. The minimum Gasteiger partial charge on any atom is -0.465 e. The summed E-state index contributed by atoms with van der Waals surface area (Å²) >= 11 is 1.54. The topological polar surface area (TPSA) is 99.6 Å². The zero-order chi connectivity index (χ0) is 28.6. The number of amides is 2. The van der Waals surface area contributed by atoms with Gasteiger partial charge in [0.15, 0.2) is 0 Å². The van der Waals surface area contributed by atoms with E-state index in [-0.39, 0.29) is 18.4 Å². The lowest BCUT2D eigenvalue weighted by Gasteiger charge is -2.40. The van der Waals surface area contributed by atoms with Crippen molar-refractivity contribution in [2.24, 2.45) is 11.8 Å². The molecule has 0 radical (unpaired) electrons. The molecule has 6 rings (SSSR count). The van der Waals surface area contributed by atoms with Gasteiger partial charge in [0.2, 0.25) is 11.8 Å². The number of fused-ring (bicyclic) bond motifs is 2. The number of carbonyl (C=O) groups is 3. The molecular weight excluding hydrogens is 542 g/mol. The van der Waals surface area contributed by atoms with Gasteiger partial charge >= 0.3 is 5.97 Å². The van der Waals surface area contributed by atoms with E-state index in [1.54, 1.807) is 4.90 Å². The van der Waals surface area contributed by atoms with Crippen LogP contribution in [-0.4, -0.2) is 112 Å². The first-order valence-corrected chi connectivity index (χ1v) is 15.5. The second-order valence-corrected chi connectivity index (χ2v) is 13.5. The number of allylic oxidation sites excluding steroid dienone is 1. The van der Waals surface area contributed by atoms with Crippen LogP contribution in [0.5, 0.6) is 0 Å². The number of esters is 1. The highest BCUT2D eigenvalue weighted by molar-refractivity contribution is 8.02. The molecule has 1 unspecified atom stereocenters. The molecule has 1 aromatic carbocycles. The van der Waals surface area contributed by atoms with Gasteiger partial charge in [0.05, 0.1) is 49.1 Å². The third-order valence-corrected chi connectivity index (χ3v) is 11.1. The largest absolute Gasteiger partial charge is 0.465 e. The number of nitrogens with zero attached hydrogens (tertiary/aromatic N) is 3. The Balaban J connectivity index is 1.43. The number of carbonyl (C=O) groups excluding carboxylic acids is 3. The Morgan fingerprint density at radius 2 is 1.78 bits per heavy atom. The number of aliphatic hydroxyl groups excluding tert-OH is 1. The summed E-state index contributed by atoms with van der Waals surface area (Å²) in [6.07, 6.45) is 9.65. The highest BCUT2D eigenvalue weighted by Crippen LogP contribution is 2.66. The number of cyclic esters (lactones) is 1. The van der Waals surface area contributed by atoms with Crippen molar-refractivity contribution in [1.82, 2.24) is 14.7 Å². The number of thioether (sulfide) groups is 1. The first-order chi connectivity index (χ1) is 19.9. The van der Waals surface area contributed by atoms with Crippen LogP contribution < -0.4 is 0 Å². The highest BCUT2D eigenvalue weighted by Gasteiger charge is 2.74. The second kappa shape index (κ2) is 11.6. The molecule has 3 fully saturated rings. The van der Waals surface area contributed by atoms with E-state index in [9.17, 15) is 19.5 Å². The summed E-state index contributed by atoms with van der Waals surface area (Å²) in [6.45, 7) is 6.62. The molecule has 0 bridgehead atoms. The van der Waals surface area contributed by atoms with Crippen molar-refractivity contribution in [1.29, 1.82) is 0 Å². The maximum absolute atomic E-state index is 14.7. The quantitative estimate of drug-likeness (QED) is 0.403. The Bertz CT molecular complexity index is 1220. The summed E-state index contributed by atoms with van der Waals surface area (Å²) in [6, 6.07) is 7.76. The molecule has 1 aromatic rings. The van der Waals surface area contributed by atoms with E-state index >= 15 is 0 Å². The Hall–Kier alpha value is -2.66. The number of benzene rings is 1. The van der Waals surface area contributed by atoms with Crippen LogP contribution in [-0.2, 0) is 23.9 Å². The Morgan fingerprint density at radius 1 is 1.00 bits per heavy atom. The zero-order valence-corrected chi connectivity index (χ0v) is 24.3. The van der Waals surface area contributed by atoms with Crippen molar-refractivity contribution in [3.63, 3.8) is 0 Å². The fraction of sp³-hybridized carbons (Fsp3) is 0.581. The molecule has 1 N–H and O–H groups in total. The summed E-state index contributed by atoms with van der Waals surface area (Å²) in [7, 11) is 0. The molecule has 9 nitrogen and oxygen atoms in total. The fourth-order valence-electron chi connectivity index (χ4n) is 7.27. The van der Waals surface area contributed by atoms with Crippen LogP contribution >= 0.6 is 11.8 Å². The van der Waals surface area contributed by atoms with Gasteiger partial charge in [-0.2, -0.15) is 0 Å². The van der Waals surface area contributed by atoms with E-state index in [2.05, 4.69) is 17.1 Å². The number of hydrogen-bond acceptors (Lipinski definition) is 8. The first-order valence-electron chi connectivity index (χ1n) is 14.7. The predicted octanol–water partition coefficient (Wildman–Crippen LogP) is 2.03. The van der Waals surface area contributed by atoms with Crippen molar-refractivity contribution >= 4 is 29.5 Å². The van der Waals surface area contributed by atoms with Gasteiger partial charge in [-0.05, 0) is 25.3 Å². The second-order valence-electron chi connectivity index (χ2n) is 11.7. The molecule has 1 spiro atoms. The van der Waals surface area contributed by atoms with Gasteiger partial charge in [-0.1, -0.05) is 54.6 Å². The van der Waals surface area contributed by atoms with Gasteiger partial charge in [-0.3, -0.25) is 19.3 Å². The number of rotatable bonds is 6. The smallest absolute Gasteiger partial charge is 0.311 e. The van der Waals surface area contributed by atoms with E-state index in [1.807, 2.05) is 54.3 Å². The lowest BCUT2D eigenvalue weighted by Crippen LogP contribution is -2.55. The van der Waals surface area contributed by atoms with Gasteiger partial charge < -0.3 is 24.4 Å². The minimum absolute atomic E-state index is 0.145. The molecule has 10 heteroatoms. The van der Waals surface area contributed by atoms with Crippen molar-refractivity contribution in [2.45, 2.75) is 41.3 Å². The minimum atomic E-state index is -0.980. The number of aliphatic hydroxyl groups is 1. The number of likely N-dealkylation sites (tertiary alicyclic amines) is 1. The lowest BCUT2D eigenvalue weighted by molar-refractivity contribution is -0.154. The fourth-order valence-corrected chi connectivity index (χ4v) is 9.41. The molecule has 3 saturated heterocycles. The summed E-state index contributed by atoms with van der Waals surface area (Å²) in [4.78, 5) is 48.7. The SMILES string of the molecule is C[C@@]12/C=C\CCCOC(=O)[C@@H]1[C@H]1C(=O)N([C@H](CO)c3ccccc3)C3C(=O)N(CCN4CCOCC4)CC=C[C@@]31S2. The molecule has 5 heterocycles. The highest BCUT2D eigenvalue weighted by atomic mass is 32.2. The molecule has 5 aliphatic heterocycles. The molecule has 0 aliphatic carbocycles. The van der Waals surface area contributed by atoms with Gasteiger partial charge in [-0.15, -0.1) is 11.8 Å². The van der Waals surface area contributed by atoms with Crippen LogP contribution in [0.2, 0.25) is 0 Å².